The molecule has 1 fully saturated rings. The lowest BCUT2D eigenvalue weighted by molar-refractivity contribution is -0.137. The molecule has 1 unspecified atom stereocenters. The van der Waals surface area contributed by atoms with E-state index in [1.807, 2.05) is 0 Å². The summed E-state index contributed by atoms with van der Waals surface area (Å²) in [5, 5.41) is 22.6. The fraction of sp³-hybridized carbons (Fsp3) is 0.600. The van der Waals surface area contributed by atoms with Gasteiger partial charge in [0.05, 0.1) is 18.3 Å². The van der Waals surface area contributed by atoms with Crippen molar-refractivity contribution in [3.8, 4) is 0 Å². The van der Waals surface area contributed by atoms with Crippen LogP contribution in [0.1, 0.15) is 42.9 Å². The number of aliphatic hydroxyl groups is 2. The van der Waals surface area contributed by atoms with Gasteiger partial charge in [0, 0.05) is 12.1 Å². The second kappa shape index (κ2) is 6.34. The standard InChI is InChI=1S/C15H20F3NO2/c16-15(17,18)12-5-3-4-11(8-12)13(21)9-19-14(10-20)6-1-2-7-14/h3-5,8,13,19-21H,1-2,6-7,9-10H2. The van der Waals surface area contributed by atoms with Gasteiger partial charge in [0.25, 0.3) is 0 Å². The highest BCUT2D eigenvalue weighted by molar-refractivity contribution is 5.27. The van der Waals surface area contributed by atoms with Crippen molar-refractivity contribution in [1.82, 2.24) is 5.32 Å². The number of alkyl halides is 3. The molecule has 0 aliphatic heterocycles. The van der Waals surface area contributed by atoms with Crippen LogP contribution in [0.5, 0.6) is 0 Å². The molecule has 1 aromatic rings. The van der Waals surface area contributed by atoms with Crippen molar-refractivity contribution in [2.45, 2.75) is 43.5 Å². The molecule has 1 saturated carbocycles. The van der Waals surface area contributed by atoms with Gasteiger partial charge in [0.2, 0.25) is 0 Å². The third-order valence-corrected chi connectivity index (χ3v) is 4.13. The van der Waals surface area contributed by atoms with Crippen LogP contribution < -0.4 is 5.32 Å². The molecule has 3 nitrogen and oxygen atoms in total. The average molecular weight is 303 g/mol. The third-order valence-electron chi connectivity index (χ3n) is 4.13. The highest BCUT2D eigenvalue weighted by Gasteiger charge is 2.34. The maximum Gasteiger partial charge on any atom is 0.416 e. The molecule has 1 atom stereocenters. The maximum absolute atomic E-state index is 12.6. The van der Waals surface area contributed by atoms with Crippen LogP contribution in [0, 0.1) is 0 Å². The molecule has 0 bridgehead atoms. The Kier molecular flexibility index (Phi) is 4.91. The zero-order valence-electron chi connectivity index (χ0n) is 11.7. The van der Waals surface area contributed by atoms with Gasteiger partial charge in [-0.05, 0) is 30.5 Å². The van der Waals surface area contributed by atoms with E-state index >= 15 is 0 Å². The van der Waals surface area contributed by atoms with Crippen molar-refractivity contribution in [2.24, 2.45) is 0 Å². The van der Waals surface area contributed by atoms with Crippen molar-refractivity contribution < 1.29 is 23.4 Å². The van der Waals surface area contributed by atoms with Crippen LogP contribution in [0.4, 0.5) is 13.2 Å². The van der Waals surface area contributed by atoms with Crippen LogP contribution in [0.3, 0.4) is 0 Å². The van der Waals surface area contributed by atoms with E-state index in [-0.39, 0.29) is 18.7 Å². The first-order valence-electron chi connectivity index (χ1n) is 7.07. The van der Waals surface area contributed by atoms with Gasteiger partial charge in [-0.3, -0.25) is 0 Å². The molecule has 0 radical (unpaired) electrons. The van der Waals surface area contributed by atoms with Gasteiger partial charge >= 0.3 is 6.18 Å². The van der Waals surface area contributed by atoms with Crippen molar-refractivity contribution in [2.75, 3.05) is 13.2 Å². The van der Waals surface area contributed by atoms with Crippen LogP contribution >= 0.6 is 0 Å². The van der Waals surface area contributed by atoms with Crippen LogP contribution in [0.15, 0.2) is 24.3 Å². The summed E-state index contributed by atoms with van der Waals surface area (Å²) in [6, 6.07) is 4.71. The zero-order chi connectivity index (χ0) is 15.5. The molecular weight excluding hydrogens is 283 g/mol. The normalized spacial score (nSPS) is 19.7. The fourth-order valence-corrected chi connectivity index (χ4v) is 2.80. The number of benzene rings is 1. The van der Waals surface area contributed by atoms with Gasteiger partial charge in [0.1, 0.15) is 0 Å². The van der Waals surface area contributed by atoms with E-state index in [0.29, 0.717) is 0 Å². The van der Waals surface area contributed by atoms with Gasteiger partial charge in [0.15, 0.2) is 0 Å². The van der Waals surface area contributed by atoms with E-state index < -0.39 is 23.4 Å². The third kappa shape index (κ3) is 3.96. The van der Waals surface area contributed by atoms with Crippen molar-refractivity contribution in [3.63, 3.8) is 0 Å². The maximum atomic E-state index is 12.6. The van der Waals surface area contributed by atoms with E-state index in [2.05, 4.69) is 5.32 Å². The number of halogens is 3. The van der Waals surface area contributed by atoms with Crippen LogP contribution in [-0.4, -0.2) is 28.9 Å². The summed E-state index contributed by atoms with van der Waals surface area (Å²) in [5.74, 6) is 0. The summed E-state index contributed by atoms with van der Waals surface area (Å²) in [4.78, 5) is 0. The lowest BCUT2D eigenvalue weighted by Gasteiger charge is -2.29. The Labute approximate surface area is 121 Å². The molecule has 0 saturated heterocycles. The minimum absolute atomic E-state index is 0.0255. The summed E-state index contributed by atoms with van der Waals surface area (Å²) in [6.45, 7) is 0.101. The Morgan fingerprint density at radius 1 is 1.24 bits per heavy atom. The fourth-order valence-electron chi connectivity index (χ4n) is 2.80. The highest BCUT2D eigenvalue weighted by atomic mass is 19.4. The molecule has 1 aliphatic rings. The number of rotatable bonds is 5. The summed E-state index contributed by atoms with van der Waals surface area (Å²) in [7, 11) is 0. The minimum atomic E-state index is -4.42. The van der Waals surface area contributed by atoms with Crippen LogP contribution in [0.25, 0.3) is 0 Å². The SMILES string of the molecule is OCC1(NCC(O)c2cccc(C(F)(F)F)c2)CCCC1. The summed E-state index contributed by atoms with van der Waals surface area (Å²) in [6.07, 6.45) is -1.80. The monoisotopic (exact) mass is 303 g/mol. The molecule has 21 heavy (non-hydrogen) atoms. The predicted molar refractivity (Wildman–Crippen MR) is 72.7 cm³/mol. The van der Waals surface area contributed by atoms with E-state index in [1.165, 1.54) is 12.1 Å². The molecule has 6 heteroatoms. The van der Waals surface area contributed by atoms with Gasteiger partial charge in [-0.15, -0.1) is 0 Å². The topological polar surface area (TPSA) is 52.5 Å². The Morgan fingerprint density at radius 3 is 2.48 bits per heavy atom. The van der Waals surface area contributed by atoms with E-state index in [4.69, 9.17) is 0 Å². The molecule has 0 heterocycles. The summed E-state index contributed by atoms with van der Waals surface area (Å²) >= 11 is 0. The first kappa shape index (κ1) is 16.3. The van der Waals surface area contributed by atoms with Crippen molar-refractivity contribution in [3.05, 3.63) is 35.4 Å². The zero-order valence-corrected chi connectivity index (χ0v) is 11.7. The molecule has 3 N–H and O–H groups in total. The van der Waals surface area contributed by atoms with E-state index in [1.54, 1.807) is 0 Å². The molecule has 1 aliphatic carbocycles. The number of nitrogens with one attached hydrogen (secondary N) is 1. The largest absolute Gasteiger partial charge is 0.416 e. The highest BCUT2D eigenvalue weighted by Crippen LogP contribution is 2.32. The first-order valence-corrected chi connectivity index (χ1v) is 7.07. The Bertz CT molecular complexity index is 470. The van der Waals surface area contributed by atoms with E-state index in [0.717, 1.165) is 37.8 Å². The number of β-amino-alcohol motifs (C(OH)–C–C–N with tert-alkyl or cyclic N) is 1. The second-order valence-electron chi connectivity index (χ2n) is 5.67. The molecule has 0 spiro atoms. The average Bonchev–Trinajstić information content (AvgIpc) is 2.93. The first-order chi connectivity index (χ1) is 9.86. The van der Waals surface area contributed by atoms with Crippen molar-refractivity contribution in [1.29, 1.82) is 0 Å². The van der Waals surface area contributed by atoms with Gasteiger partial charge in [-0.2, -0.15) is 13.2 Å². The Hall–Kier alpha value is -1.11. The molecule has 0 aromatic heterocycles. The van der Waals surface area contributed by atoms with Crippen LogP contribution in [0.2, 0.25) is 0 Å². The predicted octanol–water partition coefficient (Wildman–Crippen LogP) is 2.63. The quantitative estimate of drug-likeness (QED) is 0.784. The lowest BCUT2D eigenvalue weighted by atomic mass is 9.97. The molecule has 118 valence electrons. The van der Waals surface area contributed by atoms with Gasteiger partial charge in [-0.25, -0.2) is 0 Å². The molecule has 2 rings (SSSR count). The Balaban J connectivity index is 2.02. The van der Waals surface area contributed by atoms with Crippen molar-refractivity contribution >= 4 is 0 Å². The lowest BCUT2D eigenvalue weighted by Crippen LogP contribution is -2.47. The molecule has 0 amide bonds. The molecule has 1 aromatic carbocycles. The number of aliphatic hydroxyl groups excluding tert-OH is 2. The van der Waals surface area contributed by atoms with Gasteiger partial charge in [-0.1, -0.05) is 25.0 Å². The smallest absolute Gasteiger partial charge is 0.394 e. The molecular formula is C15H20F3NO2. The van der Waals surface area contributed by atoms with Gasteiger partial charge < -0.3 is 15.5 Å². The summed E-state index contributed by atoms with van der Waals surface area (Å²) in [5.41, 5.74) is -0.942. The number of hydrogen-bond donors (Lipinski definition) is 3. The second-order valence-corrected chi connectivity index (χ2v) is 5.67. The Morgan fingerprint density at radius 2 is 1.90 bits per heavy atom. The summed E-state index contributed by atoms with van der Waals surface area (Å²) < 4.78 is 37.9. The number of hydrogen-bond acceptors (Lipinski definition) is 3. The minimum Gasteiger partial charge on any atom is -0.394 e. The van der Waals surface area contributed by atoms with Crippen LogP contribution in [-0.2, 0) is 6.18 Å². The van der Waals surface area contributed by atoms with E-state index in [9.17, 15) is 23.4 Å².